The maximum Gasteiger partial charge on any atom is 0.152 e. The highest BCUT2D eigenvalue weighted by Gasteiger charge is 2.07. The molecule has 0 aliphatic rings. The number of hydrogen-bond donors (Lipinski definition) is 0. The van der Waals surface area contributed by atoms with Crippen molar-refractivity contribution in [2.75, 3.05) is 5.88 Å². The number of benzene rings is 1. The summed E-state index contributed by atoms with van der Waals surface area (Å²) >= 11 is 7.15. The molecule has 14 heavy (non-hydrogen) atoms. The first-order valence-corrected chi connectivity index (χ1v) is 5.75. The molecule has 0 N–H and O–H groups in total. The third-order valence-corrected chi connectivity index (χ3v) is 3.41. The number of alkyl halides is 1. The van der Waals surface area contributed by atoms with Crippen LogP contribution in [0.2, 0.25) is 0 Å². The van der Waals surface area contributed by atoms with E-state index in [2.05, 4.69) is 6.07 Å². The number of thiophene rings is 1. The fraction of sp³-hybridized carbons (Fsp3) is 0.182. The predicted molar refractivity (Wildman–Crippen MR) is 61.3 cm³/mol. The average molecular weight is 225 g/mol. The number of carbonyl (C=O) groups excluding carboxylic acids is 1. The molecule has 3 heteroatoms. The zero-order valence-electron chi connectivity index (χ0n) is 7.50. The molecule has 0 saturated heterocycles. The molecule has 0 aliphatic carbocycles. The molecule has 0 saturated carbocycles. The first-order chi connectivity index (χ1) is 6.81. The van der Waals surface area contributed by atoms with Crippen LogP contribution in [-0.2, 0) is 11.2 Å². The van der Waals surface area contributed by atoms with Crippen LogP contribution in [0.1, 0.15) is 5.56 Å². The van der Waals surface area contributed by atoms with Crippen molar-refractivity contribution in [2.24, 2.45) is 0 Å². The van der Waals surface area contributed by atoms with Crippen LogP contribution in [0.3, 0.4) is 0 Å². The van der Waals surface area contributed by atoms with Crippen LogP contribution in [0.4, 0.5) is 0 Å². The molecule has 0 fully saturated rings. The second-order valence-electron chi connectivity index (χ2n) is 3.11. The standard InChI is InChI=1S/C11H9ClOS/c12-6-9(13)5-8-7-14-11-4-2-1-3-10(8)11/h1-4,7H,5-6H2. The van der Waals surface area contributed by atoms with E-state index in [0.717, 1.165) is 5.56 Å². The number of hydrogen-bond acceptors (Lipinski definition) is 2. The number of Topliss-reactive ketones (excluding diaryl/α,β-unsaturated/α-hetero) is 1. The molecule has 72 valence electrons. The van der Waals surface area contributed by atoms with E-state index in [4.69, 9.17) is 11.6 Å². The van der Waals surface area contributed by atoms with E-state index < -0.39 is 0 Å². The summed E-state index contributed by atoms with van der Waals surface area (Å²) in [6.45, 7) is 0. The Morgan fingerprint density at radius 1 is 1.36 bits per heavy atom. The molecule has 1 aromatic heterocycles. The second kappa shape index (κ2) is 4.11. The number of ketones is 1. The van der Waals surface area contributed by atoms with Gasteiger partial charge in [-0.15, -0.1) is 22.9 Å². The van der Waals surface area contributed by atoms with E-state index in [1.54, 1.807) is 11.3 Å². The molecular weight excluding hydrogens is 216 g/mol. The van der Waals surface area contributed by atoms with Crippen LogP contribution in [0, 0.1) is 0 Å². The van der Waals surface area contributed by atoms with Gasteiger partial charge in [-0.3, -0.25) is 4.79 Å². The first kappa shape index (κ1) is 9.69. The quantitative estimate of drug-likeness (QED) is 0.732. The highest BCUT2D eigenvalue weighted by atomic mass is 35.5. The smallest absolute Gasteiger partial charge is 0.152 e. The van der Waals surface area contributed by atoms with Gasteiger partial charge in [-0.25, -0.2) is 0 Å². The third-order valence-electron chi connectivity index (χ3n) is 2.10. The second-order valence-corrected chi connectivity index (χ2v) is 4.28. The lowest BCUT2D eigenvalue weighted by Crippen LogP contribution is -2.02. The highest BCUT2D eigenvalue weighted by Crippen LogP contribution is 2.25. The normalized spacial score (nSPS) is 10.6. The predicted octanol–water partition coefficient (Wildman–Crippen LogP) is 3.25. The van der Waals surface area contributed by atoms with Crippen molar-refractivity contribution in [3.8, 4) is 0 Å². The largest absolute Gasteiger partial charge is 0.298 e. The molecule has 0 amide bonds. The van der Waals surface area contributed by atoms with Gasteiger partial charge in [-0.1, -0.05) is 18.2 Å². The topological polar surface area (TPSA) is 17.1 Å². The van der Waals surface area contributed by atoms with Crippen LogP contribution in [0.25, 0.3) is 10.1 Å². The van der Waals surface area contributed by atoms with E-state index in [1.807, 2.05) is 23.6 Å². The van der Waals surface area contributed by atoms with Gasteiger partial charge in [0.15, 0.2) is 5.78 Å². The number of rotatable bonds is 3. The third kappa shape index (κ3) is 1.81. The van der Waals surface area contributed by atoms with E-state index in [-0.39, 0.29) is 11.7 Å². The lowest BCUT2D eigenvalue weighted by atomic mass is 10.1. The van der Waals surface area contributed by atoms with Gasteiger partial charge in [0.05, 0.1) is 5.88 Å². The van der Waals surface area contributed by atoms with Gasteiger partial charge in [0.25, 0.3) is 0 Å². The molecule has 1 heterocycles. The maximum atomic E-state index is 11.2. The van der Waals surface area contributed by atoms with E-state index in [1.165, 1.54) is 10.1 Å². The molecule has 0 spiro atoms. The van der Waals surface area contributed by atoms with Crippen molar-refractivity contribution in [1.82, 2.24) is 0 Å². The van der Waals surface area contributed by atoms with Crippen LogP contribution < -0.4 is 0 Å². The molecular formula is C11H9ClOS. The average Bonchev–Trinajstić information content (AvgIpc) is 2.62. The summed E-state index contributed by atoms with van der Waals surface area (Å²) in [6.07, 6.45) is 0.452. The molecule has 0 radical (unpaired) electrons. The Hall–Kier alpha value is -0.860. The number of fused-ring (bicyclic) bond motifs is 1. The van der Waals surface area contributed by atoms with Gasteiger partial charge in [0, 0.05) is 11.1 Å². The Morgan fingerprint density at radius 3 is 2.93 bits per heavy atom. The van der Waals surface area contributed by atoms with E-state index in [0.29, 0.717) is 6.42 Å². The van der Waals surface area contributed by atoms with Crippen LogP contribution >= 0.6 is 22.9 Å². The summed E-state index contributed by atoms with van der Waals surface area (Å²) in [5.41, 5.74) is 1.09. The molecule has 0 unspecified atom stereocenters. The van der Waals surface area contributed by atoms with Crippen molar-refractivity contribution in [3.05, 3.63) is 35.2 Å². The fourth-order valence-corrected chi connectivity index (χ4v) is 2.49. The van der Waals surface area contributed by atoms with Gasteiger partial charge >= 0.3 is 0 Å². The van der Waals surface area contributed by atoms with Crippen molar-refractivity contribution in [2.45, 2.75) is 6.42 Å². The number of carbonyl (C=O) groups is 1. The summed E-state index contributed by atoms with van der Waals surface area (Å²) < 4.78 is 1.23. The summed E-state index contributed by atoms with van der Waals surface area (Å²) in [7, 11) is 0. The Labute approximate surface area is 91.3 Å². The van der Waals surface area contributed by atoms with Crippen molar-refractivity contribution < 1.29 is 4.79 Å². The molecule has 2 aromatic rings. The van der Waals surface area contributed by atoms with Crippen LogP contribution in [0.5, 0.6) is 0 Å². The molecule has 0 atom stereocenters. The summed E-state index contributed by atoms with van der Waals surface area (Å²) in [5.74, 6) is 0.180. The van der Waals surface area contributed by atoms with Crippen LogP contribution in [0.15, 0.2) is 29.6 Å². The lowest BCUT2D eigenvalue weighted by Gasteiger charge is -1.95. The fourth-order valence-electron chi connectivity index (χ4n) is 1.43. The summed E-state index contributed by atoms with van der Waals surface area (Å²) in [4.78, 5) is 11.2. The zero-order chi connectivity index (χ0) is 9.97. The Kier molecular flexibility index (Phi) is 2.85. The van der Waals surface area contributed by atoms with Crippen LogP contribution in [-0.4, -0.2) is 11.7 Å². The maximum absolute atomic E-state index is 11.2. The van der Waals surface area contributed by atoms with E-state index in [9.17, 15) is 4.79 Å². The molecule has 2 rings (SSSR count). The Morgan fingerprint density at radius 2 is 2.14 bits per heavy atom. The van der Waals surface area contributed by atoms with E-state index >= 15 is 0 Å². The molecule has 0 aliphatic heterocycles. The van der Waals surface area contributed by atoms with Crippen molar-refractivity contribution in [1.29, 1.82) is 0 Å². The Bertz CT molecular complexity index is 461. The van der Waals surface area contributed by atoms with Gasteiger partial charge in [0.1, 0.15) is 0 Å². The minimum atomic E-state index is 0.0789. The monoisotopic (exact) mass is 224 g/mol. The molecule has 1 aromatic carbocycles. The molecule has 1 nitrogen and oxygen atoms in total. The first-order valence-electron chi connectivity index (χ1n) is 4.34. The van der Waals surface area contributed by atoms with Gasteiger partial charge in [0.2, 0.25) is 0 Å². The molecule has 0 bridgehead atoms. The highest BCUT2D eigenvalue weighted by molar-refractivity contribution is 7.17. The number of halogens is 1. The van der Waals surface area contributed by atoms with Gasteiger partial charge in [-0.2, -0.15) is 0 Å². The Balaban J connectivity index is 2.38. The van der Waals surface area contributed by atoms with Gasteiger partial charge < -0.3 is 0 Å². The van der Waals surface area contributed by atoms with Crippen molar-refractivity contribution in [3.63, 3.8) is 0 Å². The lowest BCUT2D eigenvalue weighted by molar-refractivity contribution is -0.116. The minimum Gasteiger partial charge on any atom is -0.298 e. The SMILES string of the molecule is O=C(CCl)Cc1csc2ccccc12. The minimum absolute atomic E-state index is 0.0789. The van der Waals surface area contributed by atoms with Gasteiger partial charge in [-0.05, 0) is 22.4 Å². The zero-order valence-corrected chi connectivity index (χ0v) is 9.07. The van der Waals surface area contributed by atoms with Crippen molar-refractivity contribution >= 4 is 38.8 Å². The summed E-state index contributed by atoms with van der Waals surface area (Å²) in [6, 6.07) is 8.10. The summed E-state index contributed by atoms with van der Waals surface area (Å²) in [5, 5.41) is 3.21.